The van der Waals surface area contributed by atoms with E-state index in [4.69, 9.17) is 17.3 Å². The van der Waals surface area contributed by atoms with Crippen LogP contribution in [-0.2, 0) is 0 Å². The van der Waals surface area contributed by atoms with Crippen molar-refractivity contribution in [3.8, 4) is 0 Å². The van der Waals surface area contributed by atoms with Crippen molar-refractivity contribution in [1.82, 2.24) is 20.3 Å². The van der Waals surface area contributed by atoms with Gasteiger partial charge >= 0.3 is 0 Å². The Kier molecular flexibility index (Phi) is 2.64. The Hall–Kier alpha value is -2.22. The van der Waals surface area contributed by atoms with Crippen LogP contribution < -0.4 is 11.1 Å². The molecule has 9 heteroatoms. The number of rotatable bonds is 2. The van der Waals surface area contributed by atoms with Crippen molar-refractivity contribution in [2.24, 2.45) is 0 Å². The van der Waals surface area contributed by atoms with Gasteiger partial charge in [0.1, 0.15) is 17.3 Å². The van der Waals surface area contributed by atoms with E-state index in [0.29, 0.717) is 0 Å². The number of halogens is 1. The fourth-order valence-electron chi connectivity index (χ4n) is 0.930. The average molecular weight is 241 g/mol. The fourth-order valence-corrected chi connectivity index (χ4v) is 1.08. The highest BCUT2D eigenvalue weighted by atomic mass is 35.5. The van der Waals surface area contributed by atoms with E-state index in [1.165, 1.54) is 12.4 Å². The van der Waals surface area contributed by atoms with E-state index in [0.717, 1.165) is 0 Å². The summed E-state index contributed by atoms with van der Waals surface area (Å²) in [6, 6.07) is 1.38. The van der Waals surface area contributed by atoms with Crippen molar-refractivity contribution >= 4 is 29.1 Å². The zero-order chi connectivity index (χ0) is 11.5. The number of nitrogens with one attached hydrogen (secondary N) is 1. The van der Waals surface area contributed by atoms with Crippen molar-refractivity contribution < 1.29 is 9.42 Å². The van der Waals surface area contributed by atoms with Crippen molar-refractivity contribution in [1.29, 1.82) is 0 Å². The lowest BCUT2D eigenvalue weighted by Crippen LogP contribution is -2.15. The Bertz CT molecular complexity index is 527. The summed E-state index contributed by atoms with van der Waals surface area (Å²) in [5.41, 5.74) is 5.22. The van der Waals surface area contributed by atoms with Crippen LogP contribution in [0.25, 0.3) is 0 Å². The maximum absolute atomic E-state index is 11.6. The Morgan fingerprint density at radius 3 is 2.88 bits per heavy atom. The molecule has 2 heterocycles. The summed E-state index contributed by atoms with van der Waals surface area (Å²) in [7, 11) is 0. The highest BCUT2D eigenvalue weighted by molar-refractivity contribution is 6.29. The van der Waals surface area contributed by atoms with Gasteiger partial charge in [-0.3, -0.25) is 4.79 Å². The smallest absolute Gasteiger partial charge is 0.282 e. The van der Waals surface area contributed by atoms with Gasteiger partial charge in [0, 0.05) is 6.07 Å². The van der Waals surface area contributed by atoms with Crippen LogP contribution in [0.3, 0.4) is 0 Å². The summed E-state index contributed by atoms with van der Waals surface area (Å²) in [5, 5.41) is 9.22. The summed E-state index contributed by atoms with van der Waals surface area (Å²) < 4.78 is 4.28. The van der Waals surface area contributed by atoms with Gasteiger partial charge in [0.25, 0.3) is 5.91 Å². The minimum atomic E-state index is -0.589. The van der Waals surface area contributed by atoms with Crippen LogP contribution in [-0.4, -0.2) is 26.2 Å². The van der Waals surface area contributed by atoms with E-state index < -0.39 is 5.91 Å². The standard InChI is InChI=1S/C7H5ClN6O2/c8-3-1-4(11-2-10-3)12-7(15)5-6(9)14-16-13-5/h1-2H,(H2,9,14)(H,10,11,12,15). The van der Waals surface area contributed by atoms with Gasteiger partial charge in [-0.1, -0.05) is 11.6 Å². The zero-order valence-corrected chi connectivity index (χ0v) is 8.47. The number of hydrogen-bond donors (Lipinski definition) is 2. The Morgan fingerprint density at radius 1 is 1.44 bits per heavy atom. The third-order valence-corrected chi connectivity index (χ3v) is 1.81. The SMILES string of the molecule is Nc1nonc1C(=O)Nc1cc(Cl)ncn1. The largest absolute Gasteiger partial charge is 0.379 e. The second-order valence-electron chi connectivity index (χ2n) is 2.68. The molecule has 0 saturated heterocycles. The molecule has 8 nitrogen and oxygen atoms in total. The Morgan fingerprint density at radius 2 is 2.25 bits per heavy atom. The van der Waals surface area contributed by atoms with Crippen molar-refractivity contribution in [3.63, 3.8) is 0 Å². The maximum atomic E-state index is 11.6. The van der Waals surface area contributed by atoms with E-state index in [1.54, 1.807) is 0 Å². The molecule has 0 atom stereocenters. The molecule has 0 bridgehead atoms. The highest BCUT2D eigenvalue weighted by Gasteiger charge is 2.16. The quantitative estimate of drug-likeness (QED) is 0.727. The van der Waals surface area contributed by atoms with Gasteiger partial charge in [-0.15, -0.1) is 0 Å². The fraction of sp³-hybridized carbons (Fsp3) is 0. The number of nitrogens with zero attached hydrogens (tertiary/aromatic N) is 4. The molecule has 0 aliphatic rings. The number of carbonyl (C=O) groups excluding carboxylic acids is 1. The predicted octanol–water partition coefficient (Wildman–Crippen LogP) is 0.347. The lowest BCUT2D eigenvalue weighted by Gasteiger charge is -2.00. The number of carbonyl (C=O) groups is 1. The molecule has 0 aromatic carbocycles. The van der Waals surface area contributed by atoms with E-state index >= 15 is 0 Å². The van der Waals surface area contributed by atoms with Crippen LogP contribution >= 0.6 is 11.6 Å². The van der Waals surface area contributed by atoms with Crippen LogP contribution in [0.2, 0.25) is 5.15 Å². The number of anilines is 2. The molecule has 0 unspecified atom stereocenters. The van der Waals surface area contributed by atoms with E-state index in [2.05, 4.69) is 30.2 Å². The van der Waals surface area contributed by atoms with Gasteiger partial charge in [0.15, 0.2) is 0 Å². The molecule has 3 N–H and O–H groups in total. The van der Waals surface area contributed by atoms with Crippen molar-refractivity contribution in [2.75, 3.05) is 11.1 Å². The van der Waals surface area contributed by atoms with Gasteiger partial charge in [-0.05, 0) is 10.3 Å². The molecule has 16 heavy (non-hydrogen) atoms. The molecule has 0 fully saturated rings. The summed E-state index contributed by atoms with van der Waals surface area (Å²) in [4.78, 5) is 19.0. The van der Waals surface area contributed by atoms with E-state index in [9.17, 15) is 4.79 Å². The topological polar surface area (TPSA) is 120 Å². The molecular formula is C7H5ClN6O2. The molecule has 82 valence electrons. The van der Waals surface area contributed by atoms with Crippen LogP contribution in [0.1, 0.15) is 10.5 Å². The number of nitrogen functional groups attached to an aromatic ring is 1. The minimum Gasteiger partial charge on any atom is -0.379 e. The Labute approximate surface area is 93.8 Å². The lowest BCUT2D eigenvalue weighted by molar-refractivity contribution is 0.101. The average Bonchev–Trinajstić information content (AvgIpc) is 2.64. The zero-order valence-electron chi connectivity index (χ0n) is 7.72. The number of nitrogens with two attached hydrogens (primary N) is 1. The predicted molar refractivity (Wildman–Crippen MR) is 53.7 cm³/mol. The second kappa shape index (κ2) is 4.11. The summed E-state index contributed by atoms with van der Waals surface area (Å²) in [6.45, 7) is 0. The number of aromatic nitrogens is 4. The van der Waals surface area contributed by atoms with Crippen LogP contribution in [0, 0.1) is 0 Å². The first-order valence-electron chi connectivity index (χ1n) is 4.04. The first-order valence-corrected chi connectivity index (χ1v) is 4.41. The molecule has 0 saturated carbocycles. The van der Waals surface area contributed by atoms with Crippen LogP contribution in [0.15, 0.2) is 17.0 Å². The molecule has 0 spiro atoms. The monoisotopic (exact) mass is 240 g/mol. The third-order valence-electron chi connectivity index (χ3n) is 1.60. The molecular weight excluding hydrogens is 236 g/mol. The minimum absolute atomic E-state index is 0.0994. The maximum Gasteiger partial charge on any atom is 0.282 e. The van der Waals surface area contributed by atoms with E-state index in [-0.39, 0.29) is 22.5 Å². The van der Waals surface area contributed by atoms with Crippen molar-refractivity contribution in [3.05, 3.63) is 23.2 Å². The van der Waals surface area contributed by atoms with Gasteiger partial charge in [0.2, 0.25) is 11.5 Å². The van der Waals surface area contributed by atoms with Crippen molar-refractivity contribution in [2.45, 2.75) is 0 Å². The molecule has 2 aromatic heterocycles. The number of amides is 1. The van der Waals surface area contributed by atoms with Gasteiger partial charge in [-0.2, -0.15) is 0 Å². The van der Waals surface area contributed by atoms with Gasteiger partial charge in [-0.25, -0.2) is 14.6 Å². The summed E-state index contributed by atoms with van der Waals surface area (Å²) in [5.74, 6) is -0.460. The normalized spacial score (nSPS) is 10.1. The second-order valence-corrected chi connectivity index (χ2v) is 3.07. The van der Waals surface area contributed by atoms with Gasteiger partial charge in [0.05, 0.1) is 0 Å². The molecule has 0 radical (unpaired) electrons. The third kappa shape index (κ3) is 2.06. The molecule has 0 aliphatic carbocycles. The van der Waals surface area contributed by atoms with Crippen LogP contribution in [0.4, 0.5) is 11.6 Å². The lowest BCUT2D eigenvalue weighted by atomic mass is 10.4. The molecule has 2 rings (SSSR count). The number of hydrogen-bond acceptors (Lipinski definition) is 7. The van der Waals surface area contributed by atoms with Crippen LogP contribution in [0.5, 0.6) is 0 Å². The summed E-state index contributed by atoms with van der Waals surface area (Å²) >= 11 is 5.61. The first kappa shape index (κ1) is 10.3. The first-order chi connectivity index (χ1) is 7.66. The molecule has 1 amide bonds. The highest BCUT2D eigenvalue weighted by Crippen LogP contribution is 2.11. The van der Waals surface area contributed by atoms with Gasteiger partial charge < -0.3 is 11.1 Å². The summed E-state index contributed by atoms with van der Waals surface area (Å²) in [6.07, 6.45) is 1.21. The molecule has 2 aromatic rings. The van der Waals surface area contributed by atoms with E-state index in [1.807, 2.05) is 0 Å². The molecule has 0 aliphatic heterocycles. The Balaban J connectivity index is 2.17.